The summed E-state index contributed by atoms with van der Waals surface area (Å²) in [5.41, 5.74) is 2.35. The van der Waals surface area contributed by atoms with Crippen molar-refractivity contribution < 1.29 is 0 Å². The van der Waals surface area contributed by atoms with Crippen LogP contribution in [0.4, 0.5) is 0 Å². The first kappa shape index (κ1) is 12.1. The van der Waals surface area contributed by atoms with Crippen molar-refractivity contribution in [2.75, 3.05) is 0 Å². The molecule has 0 atom stereocenters. The molecule has 0 fully saturated rings. The zero-order chi connectivity index (χ0) is 12.4. The van der Waals surface area contributed by atoms with Crippen molar-refractivity contribution in [3.05, 3.63) is 35.9 Å². The molecule has 0 radical (unpaired) electrons. The standard InChI is InChI=1S/C14H21N3/c1-10(2)14-16-12(9-15-11(3)4)13-7-5-6-8-17(13)14/h5-8,10-11,15H,9H2,1-4H3. The molecule has 2 heterocycles. The molecule has 0 unspecified atom stereocenters. The van der Waals surface area contributed by atoms with Crippen LogP contribution < -0.4 is 5.32 Å². The highest BCUT2D eigenvalue weighted by Gasteiger charge is 2.12. The SMILES string of the molecule is CC(C)NCc1nc(C(C)C)n2ccccc12. The van der Waals surface area contributed by atoms with E-state index in [2.05, 4.69) is 61.8 Å². The van der Waals surface area contributed by atoms with Gasteiger partial charge in [-0.3, -0.25) is 0 Å². The topological polar surface area (TPSA) is 29.3 Å². The highest BCUT2D eigenvalue weighted by atomic mass is 15.0. The normalized spacial score (nSPS) is 11.9. The predicted octanol–water partition coefficient (Wildman–Crippen LogP) is 2.96. The van der Waals surface area contributed by atoms with Crippen LogP contribution in [0.1, 0.15) is 45.1 Å². The largest absolute Gasteiger partial charge is 0.309 e. The van der Waals surface area contributed by atoms with Crippen LogP contribution in [-0.2, 0) is 6.54 Å². The van der Waals surface area contributed by atoms with Gasteiger partial charge in [0, 0.05) is 24.7 Å². The maximum atomic E-state index is 4.76. The molecule has 1 N–H and O–H groups in total. The van der Waals surface area contributed by atoms with Gasteiger partial charge >= 0.3 is 0 Å². The molecule has 17 heavy (non-hydrogen) atoms. The second-order valence-electron chi connectivity index (χ2n) is 5.06. The van der Waals surface area contributed by atoms with Crippen molar-refractivity contribution in [3.63, 3.8) is 0 Å². The minimum absolute atomic E-state index is 0.442. The molecule has 0 saturated carbocycles. The lowest BCUT2D eigenvalue weighted by Gasteiger charge is -2.05. The van der Waals surface area contributed by atoms with Crippen molar-refractivity contribution in [2.24, 2.45) is 0 Å². The van der Waals surface area contributed by atoms with Crippen LogP contribution in [0.15, 0.2) is 24.4 Å². The number of rotatable bonds is 4. The van der Waals surface area contributed by atoms with Crippen LogP contribution in [0.2, 0.25) is 0 Å². The van der Waals surface area contributed by atoms with E-state index in [9.17, 15) is 0 Å². The van der Waals surface area contributed by atoms with Crippen molar-refractivity contribution >= 4 is 5.52 Å². The summed E-state index contributed by atoms with van der Waals surface area (Å²) in [5.74, 6) is 1.58. The molecule has 3 nitrogen and oxygen atoms in total. The number of fused-ring (bicyclic) bond motifs is 1. The van der Waals surface area contributed by atoms with Gasteiger partial charge in [0.2, 0.25) is 0 Å². The summed E-state index contributed by atoms with van der Waals surface area (Å²) < 4.78 is 2.20. The first-order valence-electron chi connectivity index (χ1n) is 6.29. The number of pyridine rings is 1. The molecule has 3 heteroatoms. The molecular weight excluding hydrogens is 210 g/mol. The number of aromatic nitrogens is 2. The van der Waals surface area contributed by atoms with Gasteiger partial charge in [0.15, 0.2) is 0 Å². The molecule has 0 aromatic carbocycles. The van der Waals surface area contributed by atoms with Crippen LogP contribution in [0, 0.1) is 0 Å². The van der Waals surface area contributed by atoms with E-state index in [4.69, 9.17) is 4.98 Å². The third-order valence-corrected chi connectivity index (χ3v) is 2.85. The summed E-state index contributed by atoms with van der Waals surface area (Å²) in [7, 11) is 0. The fourth-order valence-corrected chi connectivity index (χ4v) is 1.97. The fraction of sp³-hybridized carbons (Fsp3) is 0.500. The quantitative estimate of drug-likeness (QED) is 0.876. The highest BCUT2D eigenvalue weighted by molar-refractivity contribution is 5.53. The summed E-state index contributed by atoms with van der Waals surface area (Å²) in [5, 5.41) is 3.43. The lowest BCUT2D eigenvalue weighted by atomic mass is 10.2. The number of hydrogen-bond donors (Lipinski definition) is 1. The van der Waals surface area contributed by atoms with Crippen LogP contribution >= 0.6 is 0 Å². The first-order chi connectivity index (χ1) is 8.09. The van der Waals surface area contributed by atoms with E-state index in [1.54, 1.807) is 0 Å². The molecule has 0 aliphatic heterocycles. The minimum atomic E-state index is 0.442. The van der Waals surface area contributed by atoms with Crippen LogP contribution in [0.3, 0.4) is 0 Å². The molecule has 0 aliphatic rings. The van der Waals surface area contributed by atoms with Crippen molar-refractivity contribution in [3.8, 4) is 0 Å². The van der Waals surface area contributed by atoms with Gasteiger partial charge in [-0.2, -0.15) is 0 Å². The third-order valence-electron chi connectivity index (χ3n) is 2.85. The van der Waals surface area contributed by atoms with Crippen LogP contribution in [0.5, 0.6) is 0 Å². The van der Waals surface area contributed by atoms with E-state index in [0.717, 1.165) is 18.1 Å². The zero-order valence-corrected chi connectivity index (χ0v) is 11.1. The molecule has 2 rings (SSSR count). The lowest BCUT2D eigenvalue weighted by Crippen LogP contribution is -2.22. The molecule has 0 amide bonds. The number of nitrogens with zero attached hydrogens (tertiary/aromatic N) is 2. The maximum absolute atomic E-state index is 4.76. The van der Waals surface area contributed by atoms with Crippen molar-refractivity contribution in [2.45, 2.75) is 46.2 Å². The summed E-state index contributed by atoms with van der Waals surface area (Å²) in [6, 6.07) is 6.74. The number of hydrogen-bond acceptors (Lipinski definition) is 2. The Morgan fingerprint density at radius 3 is 2.65 bits per heavy atom. The monoisotopic (exact) mass is 231 g/mol. The molecule has 2 aromatic heterocycles. The Bertz CT molecular complexity index is 497. The van der Waals surface area contributed by atoms with E-state index in [-0.39, 0.29) is 0 Å². The average Bonchev–Trinajstić information content (AvgIpc) is 2.65. The maximum Gasteiger partial charge on any atom is 0.116 e. The van der Waals surface area contributed by atoms with Crippen molar-refractivity contribution in [1.82, 2.24) is 14.7 Å². The minimum Gasteiger partial charge on any atom is -0.309 e. The Morgan fingerprint density at radius 1 is 1.24 bits per heavy atom. The van der Waals surface area contributed by atoms with Gasteiger partial charge in [-0.15, -0.1) is 0 Å². The van der Waals surface area contributed by atoms with Gasteiger partial charge in [-0.05, 0) is 12.1 Å². The average molecular weight is 231 g/mol. The summed E-state index contributed by atoms with van der Waals surface area (Å²) in [4.78, 5) is 4.76. The van der Waals surface area contributed by atoms with Crippen molar-refractivity contribution in [1.29, 1.82) is 0 Å². The van der Waals surface area contributed by atoms with E-state index in [1.807, 2.05) is 0 Å². The van der Waals surface area contributed by atoms with Crippen LogP contribution in [0.25, 0.3) is 5.52 Å². The van der Waals surface area contributed by atoms with Gasteiger partial charge in [0.25, 0.3) is 0 Å². The molecule has 2 aromatic rings. The molecule has 92 valence electrons. The van der Waals surface area contributed by atoms with Gasteiger partial charge < -0.3 is 9.72 Å². The molecular formula is C14H21N3. The molecule has 0 bridgehead atoms. The highest BCUT2D eigenvalue weighted by Crippen LogP contribution is 2.19. The second-order valence-corrected chi connectivity index (χ2v) is 5.06. The summed E-state index contributed by atoms with van der Waals surface area (Å²) in [6.45, 7) is 9.50. The molecule has 0 spiro atoms. The Morgan fingerprint density at radius 2 is 2.00 bits per heavy atom. The van der Waals surface area contributed by atoms with E-state index in [0.29, 0.717) is 12.0 Å². The predicted molar refractivity (Wildman–Crippen MR) is 71.3 cm³/mol. The number of nitrogens with one attached hydrogen (secondary N) is 1. The Kier molecular flexibility index (Phi) is 3.48. The fourth-order valence-electron chi connectivity index (χ4n) is 1.97. The lowest BCUT2D eigenvalue weighted by molar-refractivity contribution is 0.583. The Hall–Kier alpha value is -1.35. The molecule has 0 aliphatic carbocycles. The van der Waals surface area contributed by atoms with E-state index < -0.39 is 0 Å². The van der Waals surface area contributed by atoms with E-state index >= 15 is 0 Å². The van der Waals surface area contributed by atoms with Gasteiger partial charge in [0.1, 0.15) is 5.82 Å². The van der Waals surface area contributed by atoms with Gasteiger partial charge in [-0.1, -0.05) is 33.8 Å². The van der Waals surface area contributed by atoms with Crippen LogP contribution in [-0.4, -0.2) is 15.4 Å². The second kappa shape index (κ2) is 4.88. The van der Waals surface area contributed by atoms with Gasteiger partial charge in [0.05, 0.1) is 11.2 Å². The van der Waals surface area contributed by atoms with Gasteiger partial charge in [-0.25, -0.2) is 4.98 Å². The zero-order valence-electron chi connectivity index (χ0n) is 11.1. The molecule has 0 saturated heterocycles. The summed E-state index contributed by atoms with van der Waals surface area (Å²) in [6.07, 6.45) is 2.09. The Balaban J connectivity index is 2.42. The van der Waals surface area contributed by atoms with E-state index in [1.165, 1.54) is 5.52 Å². The number of imidazole rings is 1. The first-order valence-corrected chi connectivity index (χ1v) is 6.29. The smallest absolute Gasteiger partial charge is 0.116 e. The summed E-state index contributed by atoms with van der Waals surface area (Å²) >= 11 is 0. The Labute approximate surface area is 103 Å². The third kappa shape index (κ3) is 2.50.